The Balaban J connectivity index is 1.89. The molecule has 0 bridgehead atoms. The van der Waals surface area contributed by atoms with Gasteiger partial charge in [0, 0.05) is 11.6 Å². The average molecular weight is 345 g/mol. The number of aliphatic hydroxyl groups excluding tert-OH is 1. The van der Waals surface area contributed by atoms with Gasteiger partial charge in [0.15, 0.2) is 11.5 Å². The lowest BCUT2D eigenvalue weighted by molar-refractivity contribution is -0.117. The predicted molar refractivity (Wildman–Crippen MR) is 88.4 cm³/mol. The van der Waals surface area contributed by atoms with E-state index in [1.807, 2.05) is 30.3 Å². The second kappa shape index (κ2) is 8.79. The number of carbonyl (C=O) groups is 3. The van der Waals surface area contributed by atoms with Crippen LogP contribution in [0.4, 0.5) is 4.79 Å². The summed E-state index contributed by atoms with van der Waals surface area (Å²) < 4.78 is 9.87. The van der Waals surface area contributed by atoms with Crippen molar-refractivity contribution in [3.05, 3.63) is 59.4 Å². The molecule has 0 aliphatic heterocycles. The van der Waals surface area contributed by atoms with Gasteiger partial charge in [-0.1, -0.05) is 30.3 Å². The fraction of sp³-hybridized carbons (Fsp3) is 0.278. The van der Waals surface area contributed by atoms with E-state index in [0.717, 1.165) is 17.7 Å². The maximum atomic E-state index is 12.0. The van der Waals surface area contributed by atoms with Gasteiger partial charge < -0.3 is 19.9 Å². The van der Waals surface area contributed by atoms with Crippen LogP contribution in [0.25, 0.3) is 0 Å². The summed E-state index contributed by atoms with van der Waals surface area (Å²) in [6.07, 6.45) is 1.54. The highest BCUT2D eigenvalue weighted by Gasteiger charge is 2.24. The highest BCUT2D eigenvalue weighted by atomic mass is 16.5. The molecule has 1 aromatic carbocycles. The summed E-state index contributed by atoms with van der Waals surface area (Å²) in [5.41, 5.74) is 1.01. The van der Waals surface area contributed by atoms with Crippen molar-refractivity contribution in [3.63, 3.8) is 0 Å². The molecule has 0 saturated heterocycles. The summed E-state index contributed by atoms with van der Waals surface area (Å²) in [7, 11) is 1.30. The zero-order valence-electron chi connectivity index (χ0n) is 13.7. The SMILES string of the molecule is COC1=CC(=O)C(C[C@@H](CO)NC(=O)OCc2ccccc2)=CC1=O. The number of allylic oxidation sites excluding steroid dienone is 2. The van der Waals surface area contributed by atoms with E-state index in [2.05, 4.69) is 5.32 Å². The van der Waals surface area contributed by atoms with Gasteiger partial charge in [-0.25, -0.2) is 4.79 Å². The minimum Gasteiger partial charge on any atom is -0.493 e. The van der Waals surface area contributed by atoms with Gasteiger partial charge in [0.1, 0.15) is 6.61 Å². The number of ketones is 2. The Bertz CT molecular complexity index is 708. The molecular weight excluding hydrogens is 326 g/mol. The van der Waals surface area contributed by atoms with Crippen LogP contribution in [0.15, 0.2) is 53.8 Å². The fourth-order valence-corrected chi connectivity index (χ4v) is 2.26. The Kier molecular flexibility index (Phi) is 6.47. The summed E-state index contributed by atoms with van der Waals surface area (Å²) >= 11 is 0. The minimum absolute atomic E-state index is 0.00893. The van der Waals surface area contributed by atoms with Crippen molar-refractivity contribution >= 4 is 17.7 Å². The van der Waals surface area contributed by atoms with Gasteiger partial charge in [0.25, 0.3) is 0 Å². The van der Waals surface area contributed by atoms with Crippen LogP contribution in [0.1, 0.15) is 12.0 Å². The van der Waals surface area contributed by atoms with Crippen LogP contribution in [0.3, 0.4) is 0 Å². The molecule has 0 heterocycles. The van der Waals surface area contributed by atoms with Crippen molar-refractivity contribution < 1.29 is 29.0 Å². The molecule has 132 valence electrons. The van der Waals surface area contributed by atoms with E-state index in [-0.39, 0.29) is 24.4 Å². The summed E-state index contributed by atoms with van der Waals surface area (Å²) in [5.74, 6) is -0.862. The maximum Gasteiger partial charge on any atom is 0.407 e. The molecule has 0 unspecified atom stereocenters. The molecule has 1 atom stereocenters. The molecule has 1 amide bonds. The number of aliphatic hydroxyl groups is 1. The van der Waals surface area contributed by atoms with E-state index < -0.39 is 30.3 Å². The molecule has 0 aromatic heterocycles. The molecule has 0 radical (unpaired) electrons. The standard InChI is InChI=1S/C18H19NO6/c1-24-17-9-15(21)13(8-16(17)22)7-14(10-20)19-18(23)25-11-12-5-3-2-4-6-12/h2-6,8-9,14,20H,7,10-11H2,1H3,(H,19,23)/t14-/m0/s1. The third kappa shape index (κ3) is 5.29. The first kappa shape index (κ1) is 18.4. The number of hydrogen-bond donors (Lipinski definition) is 2. The van der Waals surface area contributed by atoms with E-state index in [4.69, 9.17) is 9.47 Å². The van der Waals surface area contributed by atoms with Crippen molar-refractivity contribution in [3.8, 4) is 0 Å². The van der Waals surface area contributed by atoms with Crippen LogP contribution in [-0.4, -0.2) is 42.5 Å². The Hall–Kier alpha value is -2.93. The fourth-order valence-electron chi connectivity index (χ4n) is 2.26. The number of amides is 1. The molecule has 2 rings (SSSR count). The van der Waals surface area contributed by atoms with Crippen LogP contribution < -0.4 is 5.32 Å². The van der Waals surface area contributed by atoms with Crippen LogP contribution in [0, 0.1) is 0 Å². The lowest BCUT2D eigenvalue weighted by atomic mass is 9.96. The quantitative estimate of drug-likeness (QED) is 0.722. The van der Waals surface area contributed by atoms with Crippen molar-refractivity contribution in [1.29, 1.82) is 0 Å². The lowest BCUT2D eigenvalue weighted by Gasteiger charge is -2.18. The Morgan fingerprint density at radius 2 is 1.88 bits per heavy atom. The molecule has 0 fully saturated rings. The second-order valence-electron chi connectivity index (χ2n) is 5.40. The summed E-state index contributed by atoms with van der Waals surface area (Å²) in [6.45, 7) is -0.315. The predicted octanol–water partition coefficient (Wildman–Crippen LogP) is 1.27. The van der Waals surface area contributed by atoms with Crippen molar-refractivity contribution in [2.75, 3.05) is 13.7 Å². The first-order valence-electron chi connectivity index (χ1n) is 7.66. The number of alkyl carbamates (subject to hydrolysis) is 1. The molecule has 1 aromatic rings. The molecule has 25 heavy (non-hydrogen) atoms. The summed E-state index contributed by atoms with van der Waals surface area (Å²) in [6, 6.07) is 8.38. The maximum absolute atomic E-state index is 12.0. The van der Waals surface area contributed by atoms with Crippen molar-refractivity contribution in [1.82, 2.24) is 5.32 Å². The van der Waals surface area contributed by atoms with Gasteiger partial charge in [0.05, 0.1) is 19.8 Å². The summed E-state index contributed by atoms with van der Waals surface area (Å²) in [5, 5.41) is 11.9. The molecule has 1 aliphatic rings. The first-order chi connectivity index (χ1) is 12.0. The minimum atomic E-state index is -0.747. The second-order valence-corrected chi connectivity index (χ2v) is 5.40. The Morgan fingerprint density at radius 3 is 2.52 bits per heavy atom. The third-order valence-corrected chi connectivity index (χ3v) is 3.57. The van der Waals surface area contributed by atoms with Crippen LogP contribution >= 0.6 is 0 Å². The highest BCUT2D eigenvalue weighted by molar-refractivity contribution is 6.19. The molecular formula is C18H19NO6. The molecule has 1 aliphatic carbocycles. The van der Waals surface area contributed by atoms with Crippen LogP contribution in [0.5, 0.6) is 0 Å². The van der Waals surface area contributed by atoms with E-state index in [9.17, 15) is 19.5 Å². The Morgan fingerprint density at radius 1 is 1.16 bits per heavy atom. The van der Waals surface area contributed by atoms with Gasteiger partial charge >= 0.3 is 6.09 Å². The zero-order chi connectivity index (χ0) is 18.2. The van der Waals surface area contributed by atoms with Crippen molar-refractivity contribution in [2.24, 2.45) is 0 Å². The van der Waals surface area contributed by atoms with Gasteiger partial charge in [-0.15, -0.1) is 0 Å². The molecule has 0 spiro atoms. The number of nitrogens with one attached hydrogen (secondary N) is 1. The number of methoxy groups -OCH3 is 1. The lowest BCUT2D eigenvalue weighted by Crippen LogP contribution is -2.39. The molecule has 7 heteroatoms. The van der Waals surface area contributed by atoms with Gasteiger partial charge in [-0.3, -0.25) is 9.59 Å². The van der Waals surface area contributed by atoms with Gasteiger partial charge in [-0.05, 0) is 18.1 Å². The van der Waals surface area contributed by atoms with Crippen LogP contribution in [0.2, 0.25) is 0 Å². The van der Waals surface area contributed by atoms with Crippen LogP contribution in [-0.2, 0) is 25.7 Å². The molecule has 0 saturated carbocycles. The van der Waals surface area contributed by atoms with E-state index in [1.165, 1.54) is 7.11 Å². The first-order valence-corrected chi connectivity index (χ1v) is 7.66. The highest BCUT2D eigenvalue weighted by Crippen LogP contribution is 2.17. The summed E-state index contributed by atoms with van der Waals surface area (Å²) in [4.78, 5) is 35.5. The number of ether oxygens (including phenoxy) is 2. The monoisotopic (exact) mass is 345 g/mol. The zero-order valence-corrected chi connectivity index (χ0v) is 13.7. The largest absolute Gasteiger partial charge is 0.493 e. The molecule has 2 N–H and O–H groups in total. The topological polar surface area (TPSA) is 102 Å². The van der Waals surface area contributed by atoms with E-state index in [0.29, 0.717) is 0 Å². The van der Waals surface area contributed by atoms with E-state index in [1.54, 1.807) is 0 Å². The van der Waals surface area contributed by atoms with E-state index >= 15 is 0 Å². The van der Waals surface area contributed by atoms with Crippen molar-refractivity contribution in [2.45, 2.75) is 19.1 Å². The van der Waals surface area contributed by atoms with Gasteiger partial charge in [-0.2, -0.15) is 0 Å². The number of carbonyl (C=O) groups excluding carboxylic acids is 3. The normalized spacial score (nSPS) is 15.1. The molecule has 7 nitrogen and oxygen atoms in total. The number of benzene rings is 1. The third-order valence-electron chi connectivity index (χ3n) is 3.57. The Labute approximate surface area is 144 Å². The number of hydrogen-bond acceptors (Lipinski definition) is 6. The van der Waals surface area contributed by atoms with Gasteiger partial charge in [0.2, 0.25) is 5.78 Å². The average Bonchev–Trinajstić information content (AvgIpc) is 2.62. The number of rotatable bonds is 7. The smallest absolute Gasteiger partial charge is 0.407 e.